The van der Waals surface area contributed by atoms with Gasteiger partial charge in [-0.2, -0.15) is 0 Å². The van der Waals surface area contributed by atoms with Gasteiger partial charge < -0.3 is 14.2 Å². The second-order valence-electron chi connectivity index (χ2n) is 5.71. The number of carbonyl (C=O) groups excluding carboxylic acids is 2. The Morgan fingerprint density at radius 1 is 1.17 bits per heavy atom. The van der Waals surface area contributed by atoms with Crippen molar-refractivity contribution in [3.05, 3.63) is 35.9 Å². The Labute approximate surface area is 137 Å². The van der Waals surface area contributed by atoms with E-state index in [9.17, 15) is 9.59 Å². The molecule has 0 aliphatic rings. The lowest BCUT2D eigenvalue weighted by Crippen LogP contribution is -2.42. The highest BCUT2D eigenvalue weighted by atomic mass is 16.6. The predicted octanol–water partition coefficient (Wildman–Crippen LogP) is 3.07. The Morgan fingerprint density at radius 2 is 1.83 bits per heavy atom. The summed E-state index contributed by atoms with van der Waals surface area (Å²) >= 11 is 0. The quantitative estimate of drug-likeness (QED) is 0.654. The van der Waals surface area contributed by atoms with Crippen molar-refractivity contribution in [1.82, 2.24) is 0 Å². The molecule has 0 fully saturated rings. The van der Waals surface area contributed by atoms with E-state index in [1.165, 1.54) is 7.11 Å². The number of carbonyl (C=O) groups is 2. The summed E-state index contributed by atoms with van der Waals surface area (Å²) in [5, 5.41) is 0. The fraction of sp³-hybridized carbons (Fsp3) is 0.556. The molecule has 0 aliphatic heterocycles. The molecule has 1 aromatic rings. The van der Waals surface area contributed by atoms with Crippen LogP contribution in [0, 0.1) is 5.92 Å². The van der Waals surface area contributed by atoms with Gasteiger partial charge in [-0.15, -0.1) is 0 Å². The second-order valence-corrected chi connectivity index (χ2v) is 5.71. The van der Waals surface area contributed by atoms with Crippen LogP contribution < -0.4 is 0 Å². The van der Waals surface area contributed by atoms with Crippen LogP contribution in [0.5, 0.6) is 0 Å². The Kier molecular flexibility index (Phi) is 7.75. The smallest absolute Gasteiger partial charge is 0.343 e. The van der Waals surface area contributed by atoms with Gasteiger partial charge in [0.05, 0.1) is 13.7 Å². The van der Waals surface area contributed by atoms with Crippen molar-refractivity contribution in [3.8, 4) is 0 Å². The van der Waals surface area contributed by atoms with Crippen LogP contribution in [0.3, 0.4) is 0 Å². The first-order valence-corrected chi connectivity index (χ1v) is 7.89. The first kappa shape index (κ1) is 19.2. The molecule has 0 unspecified atom stereocenters. The van der Waals surface area contributed by atoms with Crippen LogP contribution in [0.2, 0.25) is 0 Å². The van der Waals surface area contributed by atoms with Gasteiger partial charge in [0.1, 0.15) is 6.61 Å². The minimum Gasteiger partial charge on any atom is -0.467 e. The van der Waals surface area contributed by atoms with E-state index in [1.54, 1.807) is 6.92 Å². The maximum Gasteiger partial charge on any atom is 0.343 e. The monoisotopic (exact) mass is 322 g/mol. The highest BCUT2D eigenvalue weighted by Crippen LogP contribution is 2.34. The molecule has 0 saturated heterocycles. The zero-order chi connectivity index (χ0) is 17.3. The second kappa shape index (κ2) is 9.30. The summed E-state index contributed by atoms with van der Waals surface area (Å²) in [4.78, 5) is 24.2. The lowest BCUT2D eigenvalue weighted by atomic mass is 9.86. The summed E-state index contributed by atoms with van der Waals surface area (Å²) in [5.41, 5.74) is -0.613. The molecule has 0 bridgehead atoms. The summed E-state index contributed by atoms with van der Waals surface area (Å²) in [6.07, 6.45) is 1.19. The molecule has 5 heteroatoms. The first-order valence-electron chi connectivity index (χ1n) is 7.89. The number of benzene rings is 1. The van der Waals surface area contributed by atoms with Gasteiger partial charge in [0, 0.05) is 0 Å². The van der Waals surface area contributed by atoms with Gasteiger partial charge >= 0.3 is 11.9 Å². The average Bonchev–Trinajstić information content (AvgIpc) is 2.55. The zero-order valence-electron chi connectivity index (χ0n) is 14.3. The van der Waals surface area contributed by atoms with Gasteiger partial charge in [0.25, 0.3) is 0 Å². The number of hydrogen-bond donors (Lipinski definition) is 0. The topological polar surface area (TPSA) is 61.8 Å². The van der Waals surface area contributed by atoms with E-state index in [2.05, 4.69) is 18.6 Å². The molecular formula is C18H26O5. The summed E-state index contributed by atoms with van der Waals surface area (Å²) in [5.74, 6) is -0.621. The molecule has 128 valence electrons. The van der Waals surface area contributed by atoms with Crippen LogP contribution in [-0.2, 0) is 29.4 Å². The third-order valence-electron chi connectivity index (χ3n) is 3.58. The summed E-state index contributed by atoms with van der Waals surface area (Å²) in [7, 11) is 1.29. The minimum absolute atomic E-state index is 0.247. The van der Waals surface area contributed by atoms with Crippen LogP contribution in [0.4, 0.5) is 0 Å². The summed E-state index contributed by atoms with van der Waals surface area (Å²) in [6.45, 7) is 5.83. The van der Waals surface area contributed by atoms with Crippen molar-refractivity contribution in [2.45, 2.75) is 39.2 Å². The van der Waals surface area contributed by atoms with E-state index in [0.29, 0.717) is 17.9 Å². The average molecular weight is 322 g/mol. The third kappa shape index (κ3) is 5.36. The fourth-order valence-corrected chi connectivity index (χ4v) is 2.27. The molecule has 0 heterocycles. The van der Waals surface area contributed by atoms with E-state index < -0.39 is 17.5 Å². The summed E-state index contributed by atoms with van der Waals surface area (Å²) < 4.78 is 15.7. The Balaban J connectivity index is 3.19. The third-order valence-corrected chi connectivity index (χ3v) is 3.58. The predicted molar refractivity (Wildman–Crippen MR) is 86.8 cm³/mol. The number of methoxy groups -OCH3 is 1. The van der Waals surface area contributed by atoms with E-state index in [-0.39, 0.29) is 13.2 Å². The van der Waals surface area contributed by atoms with Crippen LogP contribution in [-0.4, -0.2) is 32.3 Å². The van der Waals surface area contributed by atoms with Crippen molar-refractivity contribution >= 4 is 11.9 Å². The summed E-state index contributed by atoms with van der Waals surface area (Å²) in [6, 6.07) is 9.16. The lowest BCUT2D eigenvalue weighted by molar-refractivity contribution is -0.181. The highest BCUT2D eigenvalue weighted by molar-refractivity contribution is 5.82. The van der Waals surface area contributed by atoms with Crippen molar-refractivity contribution in [1.29, 1.82) is 0 Å². The van der Waals surface area contributed by atoms with Gasteiger partial charge in [-0.05, 0) is 31.2 Å². The van der Waals surface area contributed by atoms with Crippen molar-refractivity contribution in [2.24, 2.45) is 5.92 Å². The fourth-order valence-electron chi connectivity index (χ4n) is 2.27. The van der Waals surface area contributed by atoms with Crippen molar-refractivity contribution in [3.63, 3.8) is 0 Å². The first-order chi connectivity index (χ1) is 11.0. The minimum atomic E-state index is -1.30. The molecule has 1 aromatic carbocycles. The van der Waals surface area contributed by atoms with Gasteiger partial charge in [0.15, 0.2) is 5.60 Å². The van der Waals surface area contributed by atoms with E-state index in [1.807, 2.05) is 30.3 Å². The molecule has 0 aliphatic carbocycles. The molecule has 0 N–H and O–H groups in total. The van der Waals surface area contributed by atoms with Crippen LogP contribution in [0.15, 0.2) is 30.3 Å². The number of esters is 2. The van der Waals surface area contributed by atoms with Gasteiger partial charge in [-0.1, -0.05) is 44.2 Å². The molecule has 0 radical (unpaired) electrons. The van der Waals surface area contributed by atoms with E-state index in [4.69, 9.17) is 9.47 Å². The highest BCUT2D eigenvalue weighted by Gasteiger charge is 2.43. The molecule has 1 rings (SSSR count). The normalized spacial score (nSPS) is 13.4. The maximum absolute atomic E-state index is 12.7. The van der Waals surface area contributed by atoms with Gasteiger partial charge in [-0.25, -0.2) is 9.59 Å². The number of ether oxygens (including phenoxy) is 3. The standard InChI is InChI=1S/C18H26O5/c1-5-22-17(20)18(12-11-14(2)3,23-13-16(19)21-4)15-9-7-6-8-10-15/h6-10,14H,5,11-13H2,1-4H3/t18-/m0/s1. The SMILES string of the molecule is CCOC(=O)[C@@](CCC(C)C)(OCC(=O)OC)c1ccccc1. The van der Waals surface area contributed by atoms with Crippen molar-refractivity contribution in [2.75, 3.05) is 20.3 Å². The Morgan fingerprint density at radius 3 is 2.35 bits per heavy atom. The molecule has 0 aromatic heterocycles. The molecule has 0 saturated carbocycles. The van der Waals surface area contributed by atoms with Crippen LogP contribution >= 0.6 is 0 Å². The van der Waals surface area contributed by atoms with E-state index >= 15 is 0 Å². The Hall–Kier alpha value is -1.88. The van der Waals surface area contributed by atoms with Gasteiger partial charge in [0.2, 0.25) is 0 Å². The number of hydrogen-bond acceptors (Lipinski definition) is 5. The Bertz CT molecular complexity index is 497. The zero-order valence-corrected chi connectivity index (χ0v) is 14.3. The molecule has 23 heavy (non-hydrogen) atoms. The largest absolute Gasteiger partial charge is 0.467 e. The molecule has 5 nitrogen and oxygen atoms in total. The van der Waals surface area contributed by atoms with Crippen LogP contribution in [0.1, 0.15) is 39.2 Å². The lowest BCUT2D eigenvalue weighted by Gasteiger charge is -2.32. The van der Waals surface area contributed by atoms with E-state index in [0.717, 1.165) is 6.42 Å². The number of rotatable bonds is 9. The van der Waals surface area contributed by atoms with Crippen LogP contribution in [0.25, 0.3) is 0 Å². The molecule has 0 spiro atoms. The van der Waals surface area contributed by atoms with Gasteiger partial charge in [-0.3, -0.25) is 0 Å². The molecular weight excluding hydrogens is 296 g/mol. The maximum atomic E-state index is 12.7. The molecule has 0 amide bonds. The van der Waals surface area contributed by atoms with Crippen molar-refractivity contribution < 1.29 is 23.8 Å². The molecule has 1 atom stereocenters.